The van der Waals surface area contributed by atoms with Crippen LogP contribution in [0.1, 0.15) is 43.6 Å². The number of amides is 2. The van der Waals surface area contributed by atoms with Gasteiger partial charge < -0.3 is 15.5 Å². The topological polar surface area (TPSA) is 66.6 Å². The summed E-state index contributed by atoms with van der Waals surface area (Å²) in [5.74, 6) is -0.499. The minimum atomic E-state index is -4.44. The van der Waals surface area contributed by atoms with Crippen molar-refractivity contribution in [3.05, 3.63) is 35.4 Å². The molecule has 5 nitrogen and oxygen atoms in total. The Bertz CT molecular complexity index is 705. The molecule has 0 aromatic heterocycles. The van der Waals surface area contributed by atoms with Crippen molar-refractivity contribution in [2.24, 2.45) is 11.7 Å². The van der Waals surface area contributed by atoms with Crippen molar-refractivity contribution in [1.82, 2.24) is 9.80 Å². The van der Waals surface area contributed by atoms with Gasteiger partial charge in [0.05, 0.1) is 17.1 Å². The number of piperazine rings is 1. The van der Waals surface area contributed by atoms with Gasteiger partial charge in [-0.25, -0.2) is 0 Å². The zero-order valence-electron chi connectivity index (χ0n) is 16.4. The molecule has 0 bridgehead atoms. The number of nitrogens with zero attached hydrogens (tertiary/aromatic N) is 2. The van der Waals surface area contributed by atoms with Crippen molar-refractivity contribution in [2.45, 2.75) is 45.5 Å². The molecule has 2 amide bonds. The fourth-order valence-corrected chi connectivity index (χ4v) is 3.17. The lowest BCUT2D eigenvalue weighted by atomic mass is 9.95. The van der Waals surface area contributed by atoms with E-state index in [2.05, 4.69) is 0 Å². The lowest BCUT2D eigenvalue weighted by Gasteiger charge is -2.47. The van der Waals surface area contributed by atoms with Crippen LogP contribution in [0.3, 0.4) is 0 Å². The molecule has 1 fully saturated rings. The Hall–Kier alpha value is -1.80. The number of hydrogen-bond donors (Lipinski definition) is 1. The molecule has 9 heteroatoms. The Balaban J connectivity index is 0.00000392. The zero-order valence-corrected chi connectivity index (χ0v) is 17.2. The first-order chi connectivity index (χ1) is 12.3. The first-order valence-electron chi connectivity index (χ1n) is 8.88. The van der Waals surface area contributed by atoms with E-state index in [-0.39, 0.29) is 35.7 Å². The first kappa shape index (κ1) is 24.2. The summed E-state index contributed by atoms with van der Waals surface area (Å²) in [4.78, 5) is 28.6. The van der Waals surface area contributed by atoms with Gasteiger partial charge in [-0.15, -0.1) is 12.4 Å². The van der Waals surface area contributed by atoms with Crippen LogP contribution < -0.4 is 5.73 Å². The molecule has 0 radical (unpaired) electrons. The van der Waals surface area contributed by atoms with Crippen LogP contribution in [0.2, 0.25) is 0 Å². The Kier molecular flexibility index (Phi) is 7.53. The van der Waals surface area contributed by atoms with Crippen LogP contribution in [-0.4, -0.2) is 52.8 Å². The molecule has 158 valence electrons. The number of carbonyl (C=O) groups excluding carboxylic acids is 2. The van der Waals surface area contributed by atoms with Gasteiger partial charge in [0.2, 0.25) is 5.91 Å². The van der Waals surface area contributed by atoms with Gasteiger partial charge in [0.1, 0.15) is 0 Å². The summed E-state index contributed by atoms with van der Waals surface area (Å²) in [6.07, 6.45) is -4.44. The highest BCUT2D eigenvalue weighted by Gasteiger charge is 2.40. The summed E-state index contributed by atoms with van der Waals surface area (Å²) in [6.45, 7) is 8.36. The van der Waals surface area contributed by atoms with Crippen LogP contribution in [0, 0.1) is 5.92 Å². The average molecular weight is 422 g/mol. The maximum absolute atomic E-state index is 12.8. The van der Waals surface area contributed by atoms with Crippen molar-refractivity contribution in [2.75, 3.05) is 19.6 Å². The minimum Gasteiger partial charge on any atom is -0.337 e. The molecule has 1 saturated heterocycles. The number of benzene rings is 1. The molecule has 1 aliphatic rings. The van der Waals surface area contributed by atoms with E-state index in [1.165, 1.54) is 12.1 Å². The summed E-state index contributed by atoms with van der Waals surface area (Å²) in [5, 5.41) is 0. The summed E-state index contributed by atoms with van der Waals surface area (Å²) in [5.41, 5.74) is 4.68. The highest BCUT2D eigenvalue weighted by Crippen LogP contribution is 2.30. The van der Waals surface area contributed by atoms with Crippen LogP contribution in [-0.2, 0) is 11.0 Å². The van der Waals surface area contributed by atoms with Crippen molar-refractivity contribution in [3.63, 3.8) is 0 Å². The van der Waals surface area contributed by atoms with Crippen molar-refractivity contribution >= 4 is 24.2 Å². The molecular weight excluding hydrogens is 395 g/mol. The van der Waals surface area contributed by atoms with Crippen LogP contribution in [0.4, 0.5) is 13.2 Å². The molecule has 2 rings (SSSR count). The Labute approximate surface area is 169 Å². The van der Waals surface area contributed by atoms with Gasteiger partial charge in [-0.05, 0) is 44.0 Å². The predicted molar refractivity (Wildman–Crippen MR) is 103 cm³/mol. The molecule has 0 spiro atoms. The lowest BCUT2D eigenvalue weighted by molar-refractivity contribution is -0.138. The second-order valence-corrected chi connectivity index (χ2v) is 7.87. The molecule has 1 heterocycles. The summed E-state index contributed by atoms with van der Waals surface area (Å²) >= 11 is 0. The van der Waals surface area contributed by atoms with Gasteiger partial charge in [-0.2, -0.15) is 13.2 Å². The highest BCUT2D eigenvalue weighted by atomic mass is 35.5. The maximum atomic E-state index is 12.8. The van der Waals surface area contributed by atoms with E-state index >= 15 is 0 Å². The number of rotatable bonds is 3. The van der Waals surface area contributed by atoms with Gasteiger partial charge in [0.15, 0.2) is 0 Å². The second kappa shape index (κ2) is 8.69. The van der Waals surface area contributed by atoms with E-state index in [0.717, 1.165) is 12.1 Å². The van der Waals surface area contributed by atoms with E-state index in [1.54, 1.807) is 9.80 Å². The highest BCUT2D eigenvalue weighted by molar-refractivity contribution is 5.95. The molecule has 2 N–H and O–H groups in total. The van der Waals surface area contributed by atoms with E-state index in [4.69, 9.17) is 5.73 Å². The standard InChI is InChI=1S/C19H26F3N3O2.ClH/c1-12(2)15(23)17(27)24-9-10-25(18(3,4)11-24)16(26)13-5-7-14(8-6-13)19(20,21)22;/h5-8,12,15H,9-11,23H2,1-4H3;1H/t15-;/m0./s1. The fraction of sp³-hybridized carbons (Fsp3) is 0.579. The summed E-state index contributed by atoms with van der Waals surface area (Å²) in [6, 6.07) is 3.59. The van der Waals surface area contributed by atoms with Gasteiger partial charge in [0, 0.05) is 25.2 Å². The molecule has 1 aromatic carbocycles. The Morgan fingerprint density at radius 2 is 1.64 bits per heavy atom. The van der Waals surface area contributed by atoms with Gasteiger partial charge >= 0.3 is 6.18 Å². The first-order valence-corrected chi connectivity index (χ1v) is 8.88. The minimum absolute atomic E-state index is 0. The maximum Gasteiger partial charge on any atom is 0.416 e. The Morgan fingerprint density at radius 1 is 1.11 bits per heavy atom. The number of hydrogen-bond acceptors (Lipinski definition) is 3. The normalized spacial score (nSPS) is 17.9. The number of nitrogens with two attached hydrogens (primary N) is 1. The van der Waals surface area contributed by atoms with Crippen LogP contribution >= 0.6 is 12.4 Å². The zero-order chi connectivity index (χ0) is 20.6. The molecule has 1 aromatic rings. The molecule has 1 aliphatic heterocycles. The van der Waals surface area contributed by atoms with Crippen LogP contribution in [0.25, 0.3) is 0 Å². The van der Waals surface area contributed by atoms with Gasteiger partial charge in [0.25, 0.3) is 5.91 Å². The third kappa shape index (κ3) is 5.17. The lowest BCUT2D eigenvalue weighted by Crippen LogP contribution is -2.64. The SMILES string of the molecule is CC(C)[C@H](N)C(=O)N1CCN(C(=O)c2ccc(C(F)(F)F)cc2)C(C)(C)C1.Cl. The van der Waals surface area contributed by atoms with E-state index in [9.17, 15) is 22.8 Å². The van der Waals surface area contributed by atoms with Crippen molar-refractivity contribution in [1.29, 1.82) is 0 Å². The summed E-state index contributed by atoms with van der Waals surface area (Å²) < 4.78 is 38.1. The third-order valence-electron chi connectivity index (χ3n) is 4.92. The molecule has 0 saturated carbocycles. The van der Waals surface area contributed by atoms with E-state index in [1.807, 2.05) is 27.7 Å². The predicted octanol–water partition coefficient (Wildman–Crippen LogP) is 3.17. The monoisotopic (exact) mass is 421 g/mol. The molecule has 1 atom stereocenters. The van der Waals surface area contributed by atoms with Crippen molar-refractivity contribution in [3.8, 4) is 0 Å². The molecule has 0 aliphatic carbocycles. The second-order valence-electron chi connectivity index (χ2n) is 7.87. The molecular formula is C19H27ClF3N3O2. The number of halogens is 4. The van der Waals surface area contributed by atoms with Crippen LogP contribution in [0.5, 0.6) is 0 Å². The third-order valence-corrected chi connectivity index (χ3v) is 4.92. The largest absolute Gasteiger partial charge is 0.416 e. The van der Waals surface area contributed by atoms with Gasteiger partial charge in [-0.1, -0.05) is 13.8 Å². The molecule has 28 heavy (non-hydrogen) atoms. The molecule has 0 unspecified atom stereocenters. The van der Waals surface area contributed by atoms with Crippen LogP contribution in [0.15, 0.2) is 24.3 Å². The van der Waals surface area contributed by atoms with Crippen molar-refractivity contribution < 1.29 is 22.8 Å². The average Bonchev–Trinajstić information content (AvgIpc) is 2.58. The van der Waals surface area contributed by atoms with Gasteiger partial charge in [-0.3, -0.25) is 9.59 Å². The Morgan fingerprint density at radius 3 is 2.07 bits per heavy atom. The van der Waals surface area contributed by atoms with E-state index < -0.39 is 23.3 Å². The number of alkyl halides is 3. The van der Waals surface area contributed by atoms with E-state index in [0.29, 0.717) is 19.6 Å². The summed E-state index contributed by atoms with van der Waals surface area (Å²) in [7, 11) is 0. The number of carbonyl (C=O) groups is 2. The smallest absolute Gasteiger partial charge is 0.337 e. The quantitative estimate of drug-likeness (QED) is 0.815. The fourth-order valence-electron chi connectivity index (χ4n) is 3.17.